The summed E-state index contributed by atoms with van der Waals surface area (Å²) in [5.74, 6) is 0. The fraction of sp³-hybridized carbons (Fsp3) is 0.600. The third kappa shape index (κ3) is 3.08. The fourth-order valence-electron chi connectivity index (χ4n) is 2.46. The van der Waals surface area contributed by atoms with Crippen molar-refractivity contribution >= 4 is 0 Å². The summed E-state index contributed by atoms with van der Waals surface area (Å²) >= 11 is 0. The minimum absolute atomic E-state index is 0.615. The van der Waals surface area contributed by atoms with E-state index in [4.69, 9.17) is 0 Å². The zero-order chi connectivity index (χ0) is 11.2. The Kier molecular flexibility index (Phi) is 4.41. The van der Waals surface area contributed by atoms with Crippen LogP contribution in [-0.4, -0.2) is 6.54 Å². The van der Waals surface area contributed by atoms with Crippen LogP contribution in [0.5, 0.6) is 0 Å². The first-order valence-electron chi connectivity index (χ1n) is 6.72. The molecule has 2 rings (SSSR count). The van der Waals surface area contributed by atoms with E-state index in [0.29, 0.717) is 6.04 Å². The second kappa shape index (κ2) is 6.05. The fourth-order valence-corrected chi connectivity index (χ4v) is 2.46. The van der Waals surface area contributed by atoms with Gasteiger partial charge in [0.05, 0.1) is 0 Å². The molecule has 1 fully saturated rings. The molecule has 1 N–H and O–H groups in total. The Balaban J connectivity index is 1.88. The van der Waals surface area contributed by atoms with Gasteiger partial charge in [-0.3, -0.25) is 0 Å². The van der Waals surface area contributed by atoms with Crippen molar-refractivity contribution in [2.75, 3.05) is 6.54 Å². The van der Waals surface area contributed by atoms with Crippen LogP contribution < -0.4 is 5.32 Å². The van der Waals surface area contributed by atoms with Gasteiger partial charge in [0.15, 0.2) is 0 Å². The zero-order valence-corrected chi connectivity index (χ0v) is 10.3. The number of hydrogen-bond donors (Lipinski definition) is 1. The van der Waals surface area contributed by atoms with Crippen molar-refractivity contribution in [2.45, 2.75) is 51.5 Å². The second-order valence-corrected chi connectivity index (χ2v) is 4.85. The van der Waals surface area contributed by atoms with Gasteiger partial charge in [0.25, 0.3) is 0 Å². The van der Waals surface area contributed by atoms with Gasteiger partial charge in [0.1, 0.15) is 0 Å². The van der Waals surface area contributed by atoms with Crippen LogP contribution in [0.3, 0.4) is 0 Å². The van der Waals surface area contributed by atoms with Crippen molar-refractivity contribution in [3.63, 3.8) is 0 Å². The topological polar surface area (TPSA) is 12.0 Å². The lowest BCUT2D eigenvalue weighted by atomic mass is 10.0. The van der Waals surface area contributed by atoms with Crippen LogP contribution in [0.4, 0.5) is 0 Å². The molecule has 1 atom stereocenters. The van der Waals surface area contributed by atoms with Crippen molar-refractivity contribution in [2.24, 2.45) is 0 Å². The Morgan fingerprint density at radius 1 is 1.19 bits per heavy atom. The second-order valence-electron chi connectivity index (χ2n) is 4.85. The minimum Gasteiger partial charge on any atom is -0.310 e. The lowest BCUT2D eigenvalue weighted by molar-refractivity contribution is 0.647. The summed E-state index contributed by atoms with van der Waals surface area (Å²) in [5.41, 5.74) is 2.96. The Labute approximate surface area is 99.3 Å². The predicted octanol–water partition coefficient (Wildman–Crippen LogP) is 3.84. The monoisotopic (exact) mass is 217 g/mol. The highest BCUT2D eigenvalue weighted by atomic mass is 14.9. The molecule has 0 saturated carbocycles. The molecule has 0 bridgehead atoms. The van der Waals surface area contributed by atoms with E-state index >= 15 is 0 Å². The average molecular weight is 217 g/mol. The maximum absolute atomic E-state index is 3.54. The van der Waals surface area contributed by atoms with E-state index in [1.165, 1.54) is 56.2 Å². The number of hydrogen-bond acceptors (Lipinski definition) is 1. The first-order valence-corrected chi connectivity index (χ1v) is 6.72. The molecule has 0 unspecified atom stereocenters. The first kappa shape index (κ1) is 11.7. The van der Waals surface area contributed by atoms with E-state index in [2.05, 4.69) is 36.5 Å². The third-order valence-corrected chi connectivity index (χ3v) is 3.51. The maximum atomic E-state index is 3.54. The molecule has 1 aromatic carbocycles. The number of benzene rings is 1. The average Bonchev–Trinajstić information content (AvgIpc) is 2.84. The van der Waals surface area contributed by atoms with Crippen molar-refractivity contribution in [3.05, 3.63) is 35.4 Å². The molecule has 0 amide bonds. The maximum Gasteiger partial charge on any atom is 0.0320 e. The van der Waals surface area contributed by atoms with Crippen molar-refractivity contribution in [3.8, 4) is 0 Å². The largest absolute Gasteiger partial charge is 0.310 e. The van der Waals surface area contributed by atoms with Crippen molar-refractivity contribution < 1.29 is 0 Å². The summed E-state index contributed by atoms with van der Waals surface area (Å²) in [5, 5.41) is 3.54. The van der Waals surface area contributed by atoms with Gasteiger partial charge in [-0.05, 0) is 43.4 Å². The lowest BCUT2D eigenvalue weighted by Crippen LogP contribution is -2.12. The predicted molar refractivity (Wildman–Crippen MR) is 69.6 cm³/mol. The van der Waals surface area contributed by atoms with Gasteiger partial charge < -0.3 is 5.32 Å². The van der Waals surface area contributed by atoms with E-state index in [9.17, 15) is 0 Å². The third-order valence-electron chi connectivity index (χ3n) is 3.51. The normalized spacial score (nSPS) is 20.2. The molecule has 88 valence electrons. The molecule has 0 radical (unpaired) electrons. The molecule has 1 aliphatic rings. The highest BCUT2D eigenvalue weighted by Crippen LogP contribution is 2.23. The summed E-state index contributed by atoms with van der Waals surface area (Å²) in [4.78, 5) is 0. The Morgan fingerprint density at radius 3 is 2.62 bits per heavy atom. The molecular weight excluding hydrogens is 194 g/mol. The van der Waals surface area contributed by atoms with Crippen LogP contribution in [0.2, 0.25) is 0 Å². The van der Waals surface area contributed by atoms with Crippen LogP contribution in [0.15, 0.2) is 24.3 Å². The summed E-state index contributed by atoms with van der Waals surface area (Å²) < 4.78 is 0. The number of unbranched alkanes of at least 4 members (excludes halogenated alkanes) is 2. The van der Waals surface area contributed by atoms with E-state index in [0.717, 1.165) is 0 Å². The van der Waals surface area contributed by atoms with Gasteiger partial charge in [0, 0.05) is 6.04 Å². The van der Waals surface area contributed by atoms with Gasteiger partial charge in [-0.15, -0.1) is 0 Å². The van der Waals surface area contributed by atoms with Gasteiger partial charge >= 0.3 is 0 Å². The molecule has 1 heterocycles. The van der Waals surface area contributed by atoms with E-state index < -0.39 is 0 Å². The summed E-state index contributed by atoms with van der Waals surface area (Å²) in [6, 6.07) is 9.86. The van der Waals surface area contributed by atoms with Crippen LogP contribution >= 0.6 is 0 Å². The number of nitrogens with one attached hydrogen (secondary N) is 1. The molecule has 16 heavy (non-hydrogen) atoms. The minimum atomic E-state index is 0.615. The van der Waals surface area contributed by atoms with Gasteiger partial charge in [-0.1, -0.05) is 44.0 Å². The van der Waals surface area contributed by atoms with E-state index in [1.807, 2.05) is 0 Å². The molecular formula is C15H23N. The van der Waals surface area contributed by atoms with Crippen molar-refractivity contribution in [1.29, 1.82) is 0 Å². The van der Waals surface area contributed by atoms with E-state index in [1.54, 1.807) is 0 Å². The molecule has 0 aliphatic carbocycles. The first-order chi connectivity index (χ1) is 7.90. The number of rotatable bonds is 5. The quantitative estimate of drug-likeness (QED) is 0.739. The Hall–Kier alpha value is -0.820. The summed E-state index contributed by atoms with van der Waals surface area (Å²) in [7, 11) is 0. The highest BCUT2D eigenvalue weighted by Gasteiger charge is 2.15. The van der Waals surface area contributed by atoms with Gasteiger partial charge in [0.2, 0.25) is 0 Å². The van der Waals surface area contributed by atoms with E-state index in [-0.39, 0.29) is 0 Å². The Bertz CT molecular complexity index is 296. The molecule has 0 aromatic heterocycles. The summed E-state index contributed by atoms with van der Waals surface area (Å²) in [6.07, 6.45) is 7.86. The number of aryl methyl sites for hydroxylation is 1. The SMILES string of the molecule is CCCCCc1ccc([C@@H]2CCCN2)cc1. The van der Waals surface area contributed by atoms with Gasteiger partial charge in [-0.25, -0.2) is 0 Å². The van der Waals surface area contributed by atoms with Gasteiger partial charge in [-0.2, -0.15) is 0 Å². The molecule has 1 saturated heterocycles. The Morgan fingerprint density at radius 2 is 2.00 bits per heavy atom. The molecule has 1 aliphatic heterocycles. The standard InChI is InChI=1S/C15H23N/c1-2-3-4-6-13-8-10-14(11-9-13)15-7-5-12-16-15/h8-11,15-16H,2-7,12H2,1H3/t15-/m0/s1. The van der Waals surface area contributed by atoms with Crippen LogP contribution in [0.25, 0.3) is 0 Å². The molecule has 1 aromatic rings. The zero-order valence-electron chi connectivity index (χ0n) is 10.3. The lowest BCUT2D eigenvalue weighted by Gasteiger charge is -2.11. The smallest absolute Gasteiger partial charge is 0.0320 e. The van der Waals surface area contributed by atoms with Crippen LogP contribution in [-0.2, 0) is 6.42 Å². The van der Waals surface area contributed by atoms with Crippen LogP contribution in [0, 0.1) is 0 Å². The highest BCUT2D eigenvalue weighted by molar-refractivity contribution is 5.25. The molecule has 1 nitrogen and oxygen atoms in total. The summed E-state index contributed by atoms with van der Waals surface area (Å²) in [6.45, 7) is 3.44. The van der Waals surface area contributed by atoms with Crippen LogP contribution in [0.1, 0.15) is 56.2 Å². The molecule has 0 spiro atoms. The van der Waals surface area contributed by atoms with Crippen molar-refractivity contribution in [1.82, 2.24) is 5.32 Å². The molecule has 1 heteroatoms.